The molecule has 3 nitrogen and oxygen atoms in total. The van der Waals surface area contributed by atoms with Crippen LogP contribution < -0.4 is 10.2 Å². The maximum Gasteiger partial charge on any atom is 0.435 e. The first-order valence-corrected chi connectivity index (χ1v) is 5.87. The lowest BCUT2D eigenvalue weighted by atomic mass is 10.4. The third kappa shape index (κ3) is 2.41. The highest BCUT2D eigenvalue weighted by molar-refractivity contribution is 7.19. The molecule has 0 amide bonds. The van der Waals surface area contributed by atoms with Gasteiger partial charge >= 0.3 is 6.18 Å². The summed E-state index contributed by atoms with van der Waals surface area (Å²) < 4.78 is 37.1. The lowest BCUT2D eigenvalue weighted by Gasteiger charge is -2.26. The van der Waals surface area contributed by atoms with Gasteiger partial charge in [0.15, 0.2) is 10.8 Å². The summed E-state index contributed by atoms with van der Waals surface area (Å²) in [6.07, 6.45) is -4.47. The second kappa shape index (κ2) is 4.38. The molecule has 1 N–H and O–H groups in total. The van der Waals surface area contributed by atoms with Crippen LogP contribution >= 0.6 is 22.9 Å². The Morgan fingerprint density at radius 2 is 1.94 bits per heavy atom. The highest BCUT2D eigenvalue weighted by Crippen LogP contribution is 2.40. The number of thiazole rings is 1. The normalized spacial score (nSPS) is 17.9. The van der Waals surface area contributed by atoms with Crippen molar-refractivity contribution in [3.63, 3.8) is 0 Å². The summed E-state index contributed by atoms with van der Waals surface area (Å²) in [5.41, 5.74) is -0.979. The van der Waals surface area contributed by atoms with Crippen molar-refractivity contribution < 1.29 is 13.2 Å². The van der Waals surface area contributed by atoms with Gasteiger partial charge in [0.25, 0.3) is 0 Å². The Morgan fingerprint density at radius 1 is 1.31 bits per heavy atom. The molecule has 1 aromatic heterocycles. The van der Waals surface area contributed by atoms with Gasteiger partial charge in [-0.3, -0.25) is 0 Å². The van der Waals surface area contributed by atoms with Gasteiger partial charge in [-0.25, -0.2) is 4.98 Å². The van der Waals surface area contributed by atoms with E-state index in [9.17, 15) is 13.2 Å². The summed E-state index contributed by atoms with van der Waals surface area (Å²) in [4.78, 5) is 5.37. The number of aromatic nitrogens is 1. The van der Waals surface area contributed by atoms with Gasteiger partial charge < -0.3 is 10.2 Å². The van der Waals surface area contributed by atoms with E-state index in [2.05, 4.69) is 10.3 Å². The first kappa shape index (κ1) is 11.9. The zero-order valence-electron chi connectivity index (χ0n) is 8.14. The van der Waals surface area contributed by atoms with Crippen LogP contribution in [0.4, 0.5) is 18.3 Å². The van der Waals surface area contributed by atoms with Gasteiger partial charge in [-0.2, -0.15) is 13.2 Å². The van der Waals surface area contributed by atoms with Crippen LogP contribution in [0.5, 0.6) is 0 Å². The summed E-state index contributed by atoms with van der Waals surface area (Å²) in [6, 6.07) is 0. The summed E-state index contributed by atoms with van der Waals surface area (Å²) in [7, 11) is 0. The van der Waals surface area contributed by atoms with Crippen molar-refractivity contribution in [2.24, 2.45) is 0 Å². The van der Waals surface area contributed by atoms with E-state index >= 15 is 0 Å². The molecule has 2 rings (SSSR count). The molecule has 0 aliphatic carbocycles. The van der Waals surface area contributed by atoms with Crippen molar-refractivity contribution in [1.82, 2.24) is 10.3 Å². The van der Waals surface area contributed by atoms with Gasteiger partial charge in [0, 0.05) is 26.2 Å². The van der Waals surface area contributed by atoms with E-state index in [1.54, 1.807) is 0 Å². The Hall–Kier alpha value is -0.530. The number of hydrogen-bond donors (Lipinski definition) is 1. The minimum absolute atomic E-state index is 0.291. The van der Waals surface area contributed by atoms with Crippen LogP contribution in [0, 0.1) is 0 Å². The van der Waals surface area contributed by atoms with E-state index in [1.807, 2.05) is 4.90 Å². The summed E-state index contributed by atoms with van der Waals surface area (Å²) >= 11 is 6.42. The Bertz CT molecular complexity index is 373. The Balaban J connectivity index is 2.23. The predicted octanol–water partition coefficient (Wildman–Crippen LogP) is 2.22. The minimum Gasteiger partial charge on any atom is -0.345 e. The van der Waals surface area contributed by atoms with E-state index in [0.29, 0.717) is 18.2 Å². The van der Waals surface area contributed by atoms with E-state index in [1.165, 1.54) is 0 Å². The first-order chi connectivity index (χ1) is 7.48. The molecule has 0 saturated carbocycles. The SMILES string of the molecule is FC(F)(F)c1nc(N2CCNCC2)sc1Cl. The Kier molecular flexibility index (Phi) is 3.27. The van der Waals surface area contributed by atoms with Crippen molar-refractivity contribution in [1.29, 1.82) is 0 Å². The van der Waals surface area contributed by atoms with Gasteiger partial charge in [0.1, 0.15) is 4.34 Å². The average Bonchev–Trinajstić information content (AvgIpc) is 2.61. The van der Waals surface area contributed by atoms with Crippen LogP contribution in [0.2, 0.25) is 4.34 Å². The molecule has 0 atom stereocenters. The molecule has 0 aromatic carbocycles. The third-order valence-corrected chi connectivity index (χ3v) is 3.55. The summed E-state index contributed by atoms with van der Waals surface area (Å²) in [5.74, 6) is 0. The van der Waals surface area contributed by atoms with Gasteiger partial charge in [-0.05, 0) is 0 Å². The van der Waals surface area contributed by atoms with E-state index < -0.39 is 11.9 Å². The summed E-state index contributed by atoms with van der Waals surface area (Å²) in [6.45, 7) is 2.80. The fourth-order valence-corrected chi connectivity index (χ4v) is 2.68. The molecular weight excluding hydrogens is 263 g/mol. The molecule has 1 aliphatic heterocycles. The number of hydrogen-bond acceptors (Lipinski definition) is 4. The van der Waals surface area contributed by atoms with Crippen LogP contribution in [0.15, 0.2) is 0 Å². The Morgan fingerprint density at radius 3 is 2.44 bits per heavy atom. The second-order valence-electron chi connectivity index (χ2n) is 3.35. The molecule has 0 bridgehead atoms. The number of halogens is 4. The molecule has 0 unspecified atom stereocenters. The van der Waals surface area contributed by atoms with Gasteiger partial charge in [0.05, 0.1) is 0 Å². The maximum atomic E-state index is 12.5. The quantitative estimate of drug-likeness (QED) is 0.849. The Labute approximate surface area is 99.2 Å². The predicted molar refractivity (Wildman–Crippen MR) is 57.2 cm³/mol. The number of rotatable bonds is 1. The lowest BCUT2D eigenvalue weighted by molar-refractivity contribution is -0.140. The second-order valence-corrected chi connectivity index (χ2v) is 4.93. The van der Waals surface area contributed by atoms with Crippen molar-refractivity contribution in [2.45, 2.75) is 6.18 Å². The summed E-state index contributed by atoms with van der Waals surface area (Å²) in [5, 5.41) is 3.46. The fourth-order valence-electron chi connectivity index (χ4n) is 1.46. The molecule has 16 heavy (non-hydrogen) atoms. The van der Waals surface area contributed by atoms with Crippen molar-refractivity contribution in [2.75, 3.05) is 31.1 Å². The monoisotopic (exact) mass is 271 g/mol. The topological polar surface area (TPSA) is 28.2 Å². The minimum atomic E-state index is -4.47. The molecule has 0 radical (unpaired) electrons. The fraction of sp³-hybridized carbons (Fsp3) is 0.625. The van der Waals surface area contributed by atoms with Gasteiger partial charge in [0.2, 0.25) is 0 Å². The molecule has 0 spiro atoms. The zero-order chi connectivity index (χ0) is 11.8. The maximum absolute atomic E-state index is 12.5. The third-order valence-electron chi connectivity index (χ3n) is 2.23. The number of nitrogens with zero attached hydrogens (tertiary/aromatic N) is 2. The van der Waals surface area contributed by atoms with Crippen LogP contribution in [0.1, 0.15) is 5.69 Å². The number of nitrogens with one attached hydrogen (secondary N) is 1. The van der Waals surface area contributed by atoms with E-state index in [-0.39, 0.29) is 4.34 Å². The smallest absolute Gasteiger partial charge is 0.345 e. The molecule has 90 valence electrons. The van der Waals surface area contributed by atoms with Crippen LogP contribution in [0.25, 0.3) is 0 Å². The highest BCUT2D eigenvalue weighted by atomic mass is 35.5. The standard InChI is InChI=1S/C8H9ClF3N3S/c9-6-5(8(10,11)12)14-7(16-6)15-3-1-13-2-4-15/h13H,1-4H2. The van der Waals surface area contributed by atoms with Crippen molar-refractivity contribution in [3.05, 3.63) is 10.0 Å². The van der Waals surface area contributed by atoms with Crippen LogP contribution in [0.3, 0.4) is 0 Å². The van der Waals surface area contributed by atoms with E-state index in [0.717, 1.165) is 24.4 Å². The lowest BCUT2D eigenvalue weighted by Crippen LogP contribution is -2.43. The highest BCUT2D eigenvalue weighted by Gasteiger charge is 2.37. The van der Waals surface area contributed by atoms with Crippen molar-refractivity contribution >= 4 is 28.1 Å². The van der Waals surface area contributed by atoms with Gasteiger partial charge in [-0.1, -0.05) is 22.9 Å². The largest absolute Gasteiger partial charge is 0.435 e. The molecule has 1 saturated heterocycles. The number of anilines is 1. The number of piperazine rings is 1. The zero-order valence-corrected chi connectivity index (χ0v) is 9.72. The first-order valence-electron chi connectivity index (χ1n) is 4.67. The molecule has 1 fully saturated rings. The molecule has 1 aliphatic rings. The van der Waals surface area contributed by atoms with Gasteiger partial charge in [-0.15, -0.1) is 0 Å². The van der Waals surface area contributed by atoms with Crippen LogP contribution in [-0.2, 0) is 6.18 Å². The van der Waals surface area contributed by atoms with E-state index in [4.69, 9.17) is 11.6 Å². The average molecular weight is 272 g/mol. The number of alkyl halides is 3. The molecule has 2 heterocycles. The van der Waals surface area contributed by atoms with Crippen molar-refractivity contribution in [3.8, 4) is 0 Å². The molecule has 8 heteroatoms. The molecule has 1 aromatic rings. The van der Waals surface area contributed by atoms with Crippen LogP contribution in [-0.4, -0.2) is 31.2 Å². The molecular formula is C8H9ClF3N3S.